The molecule has 3 rings (SSSR count). The maximum atomic E-state index is 2.32. The molecule has 0 fully saturated rings. The minimum atomic E-state index is 0.470. The van der Waals surface area contributed by atoms with E-state index in [-0.39, 0.29) is 0 Å². The van der Waals surface area contributed by atoms with Crippen LogP contribution in [0, 0.1) is 0 Å². The fourth-order valence-corrected chi connectivity index (χ4v) is 3.65. The number of benzene rings is 2. The first kappa shape index (κ1) is 11.8. The van der Waals surface area contributed by atoms with Crippen LogP contribution < -0.4 is 0 Å². The second-order valence-electron chi connectivity index (χ2n) is 4.93. The minimum absolute atomic E-state index is 0.470. The lowest BCUT2D eigenvalue weighted by Crippen LogP contribution is -2.22. The standard InChI is InChI=1S/C16H17NS/c1-17(2)14-11-12-7-3-5-9-15(12)18-16-10-6-4-8-13(14)16/h3-10,14H,11H2,1-2H3/t14-/m1/s1. The van der Waals surface area contributed by atoms with Gasteiger partial charge in [-0.05, 0) is 43.8 Å². The van der Waals surface area contributed by atoms with Gasteiger partial charge in [-0.1, -0.05) is 48.2 Å². The third kappa shape index (κ3) is 2.06. The maximum Gasteiger partial charge on any atom is 0.0393 e. The molecular formula is C16H17NS. The van der Waals surface area contributed by atoms with E-state index < -0.39 is 0 Å². The van der Waals surface area contributed by atoms with E-state index in [0.717, 1.165) is 6.42 Å². The Morgan fingerprint density at radius 2 is 1.61 bits per heavy atom. The molecular weight excluding hydrogens is 238 g/mol. The Labute approximate surface area is 113 Å². The summed E-state index contributed by atoms with van der Waals surface area (Å²) >= 11 is 1.90. The summed E-state index contributed by atoms with van der Waals surface area (Å²) in [7, 11) is 4.33. The first-order valence-electron chi connectivity index (χ1n) is 6.27. The van der Waals surface area contributed by atoms with Gasteiger partial charge in [-0.3, -0.25) is 0 Å². The first-order chi connectivity index (χ1) is 8.75. The zero-order valence-corrected chi connectivity index (χ0v) is 11.6. The van der Waals surface area contributed by atoms with E-state index in [1.165, 1.54) is 20.9 Å². The molecule has 0 aromatic heterocycles. The van der Waals surface area contributed by atoms with Crippen LogP contribution in [0.5, 0.6) is 0 Å². The molecule has 92 valence electrons. The van der Waals surface area contributed by atoms with Crippen LogP contribution in [-0.2, 0) is 6.42 Å². The summed E-state index contributed by atoms with van der Waals surface area (Å²) in [5, 5.41) is 0. The van der Waals surface area contributed by atoms with Crippen LogP contribution in [0.4, 0.5) is 0 Å². The largest absolute Gasteiger partial charge is 0.302 e. The molecule has 2 aromatic rings. The second-order valence-corrected chi connectivity index (χ2v) is 6.01. The molecule has 0 amide bonds. The van der Waals surface area contributed by atoms with Gasteiger partial charge in [-0.2, -0.15) is 0 Å². The Kier molecular flexibility index (Phi) is 3.14. The molecule has 18 heavy (non-hydrogen) atoms. The average Bonchev–Trinajstić information content (AvgIpc) is 2.55. The molecule has 1 aliphatic heterocycles. The zero-order valence-electron chi connectivity index (χ0n) is 10.8. The molecule has 0 N–H and O–H groups in total. The van der Waals surface area contributed by atoms with Crippen LogP contribution in [0.25, 0.3) is 0 Å². The summed E-state index contributed by atoms with van der Waals surface area (Å²) in [6.07, 6.45) is 1.09. The van der Waals surface area contributed by atoms with E-state index >= 15 is 0 Å². The quantitative estimate of drug-likeness (QED) is 0.758. The van der Waals surface area contributed by atoms with E-state index in [0.29, 0.717) is 6.04 Å². The lowest BCUT2D eigenvalue weighted by Gasteiger charge is -2.24. The van der Waals surface area contributed by atoms with Crippen molar-refractivity contribution in [3.63, 3.8) is 0 Å². The summed E-state index contributed by atoms with van der Waals surface area (Å²) < 4.78 is 0. The lowest BCUT2D eigenvalue weighted by atomic mass is 9.98. The molecule has 0 saturated carbocycles. The number of rotatable bonds is 1. The van der Waals surface area contributed by atoms with Crippen molar-refractivity contribution in [3.05, 3.63) is 59.7 Å². The molecule has 0 radical (unpaired) electrons. The molecule has 0 saturated heterocycles. The van der Waals surface area contributed by atoms with Crippen LogP contribution in [0.3, 0.4) is 0 Å². The summed E-state index contributed by atoms with van der Waals surface area (Å²) in [4.78, 5) is 5.11. The van der Waals surface area contributed by atoms with Crippen molar-refractivity contribution in [1.29, 1.82) is 0 Å². The molecule has 0 unspecified atom stereocenters. The molecule has 2 aromatic carbocycles. The van der Waals surface area contributed by atoms with Crippen LogP contribution >= 0.6 is 11.8 Å². The molecule has 1 atom stereocenters. The number of hydrogen-bond acceptors (Lipinski definition) is 2. The van der Waals surface area contributed by atoms with Crippen molar-refractivity contribution < 1.29 is 0 Å². The van der Waals surface area contributed by atoms with E-state index in [2.05, 4.69) is 67.5 Å². The van der Waals surface area contributed by atoms with Gasteiger partial charge in [-0.25, -0.2) is 0 Å². The smallest absolute Gasteiger partial charge is 0.0393 e. The second kappa shape index (κ2) is 4.79. The maximum absolute atomic E-state index is 2.32. The summed E-state index contributed by atoms with van der Waals surface area (Å²) in [6, 6.07) is 18.0. The van der Waals surface area contributed by atoms with E-state index in [1.807, 2.05) is 11.8 Å². The van der Waals surface area contributed by atoms with Crippen molar-refractivity contribution in [2.75, 3.05) is 14.1 Å². The van der Waals surface area contributed by atoms with Crippen molar-refractivity contribution in [2.24, 2.45) is 0 Å². The first-order valence-corrected chi connectivity index (χ1v) is 7.08. The van der Waals surface area contributed by atoms with Gasteiger partial charge in [0.15, 0.2) is 0 Å². The van der Waals surface area contributed by atoms with Gasteiger partial charge in [0.25, 0.3) is 0 Å². The SMILES string of the molecule is CN(C)[C@@H]1Cc2ccccc2Sc2ccccc21. The van der Waals surface area contributed by atoms with Crippen molar-refractivity contribution in [1.82, 2.24) is 4.90 Å². The molecule has 0 aliphatic carbocycles. The van der Waals surface area contributed by atoms with Gasteiger partial charge in [-0.15, -0.1) is 0 Å². The highest BCUT2D eigenvalue weighted by Crippen LogP contribution is 2.41. The van der Waals surface area contributed by atoms with Crippen LogP contribution in [-0.4, -0.2) is 19.0 Å². The fraction of sp³-hybridized carbons (Fsp3) is 0.250. The van der Waals surface area contributed by atoms with Gasteiger partial charge < -0.3 is 4.90 Å². The lowest BCUT2D eigenvalue weighted by molar-refractivity contribution is 0.294. The fourth-order valence-electron chi connectivity index (χ4n) is 2.52. The van der Waals surface area contributed by atoms with Crippen LogP contribution in [0.15, 0.2) is 58.3 Å². The number of fused-ring (bicyclic) bond motifs is 2. The Hall–Kier alpha value is -1.25. The van der Waals surface area contributed by atoms with Crippen molar-refractivity contribution in [2.45, 2.75) is 22.3 Å². The van der Waals surface area contributed by atoms with Gasteiger partial charge in [0.05, 0.1) is 0 Å². The van der Waals surface area contributed by atoms with Crippen molar-refractivity contribution >= 4 is 11.8 Å². The Bertz CT molecular complexity index is 563. The van der Waals surface area contributed by atoms with Crippen molar-refractivity contribution in [3.8, 4) is 0 Å². The highest BCUT2D eigenvalue weighted by molar-refractivity contribution is 7.99. The molecule has 0 spiro atoms. The molecule has 0 bridgehead atoms. The zero-order chi connectivity index (χ0) is 12.5. The van der Waals surface area contributed by atoms with E-state index in [4.69, 9.17) is 0 Å². The summed E-state index contributed by atoms with van der Waals surface area (Å²) in [5.41, 5.74) is 2.90. The number of likely N-dealkylation sites (N-methyl/N-ethyl adjacent to an activating group) is 1. The Morgan fingerprint density at radius 3 is 2.39 bits per heavy atom. The Balaban J connectivity index is 2.14. The molecule has 1 heterocycles. The van der Waals surface area contributed by atoms with Crippen LogP contribution in [0.2, 0.25) is 0 Å². The predicted octanol–water partition coefficient (Wildman–Crippen LogP) is 4.00. The van der Waals surface area contributed by atoms with Gasteiger partial charge in [0, 0.05) is 15.8 Å². The predicted molar refractivity (Wildman–Crippen MR) is 77.1 cm³/mol. The molecule has 1 aliphatic rings. The Morgan fingerprint density at radius 1 is 0.944 bits per heavy atom. The van der Waals surface area contributed by atoms with Gasteiger partial charge in [0.2, 0.25) is 0 Å². The van der Waals surface area contributed by atoms with Gasteiger partial charge >= 0.3 is 0 Å². The minimum Gasteiger partial charge on any atom is -0.302 e. The highest BCUT2D eigenvalue weighted by atomic mass is 32.2. The van der Waals surface area contributed by atoms with Gasteiger partial charge in [0.1, 0.15) is 0 Å². The molecule has 2 heteroatoms. The average molecular weight is 255 g/mol. The van der Waals surface area contributed by atoms with E-state index in [1.54, 1.807) is 0 Å². The molecule has 1 nitrogen and oxygen atoms in total. The topological polar surface area (TPSA) is 3.24 Å². The number of nitrogens with zero attached hydrogens (tertiary/aromatic N) is 1. The number of hydrogen-bond donors (Lipinski definition) is 0. The highest BCUT2D eigenvalue weighted by Gasteiger charge is 2.23. The third-order valence-electron chi connectivity index (χ3n) is 3.51. The third-order valence-corrected chi connectivity index (χ3v) is 4.72. The summed E-state index contributed by atoms with van der Waals surface area (Å²) in [5.74, 6) is 0. The normalized spacial score (nSPS) is 18.1. The monoisotopic (exact) mass is 255 g/mol. The summed E-state index contributed by atoms with van der Waals surface area (Å²) in [6.45, 7) is 0. The van der Waals surface area contributed by atoms with Crippen LogP contribution in [0.1, 0.15) is 17.2 Å². The van der Waals surface area contributed by atoms with E-state index in [9.17, 15) is 0 Å².